The van der Waals surface area contributed by atoms with Gasteiger partial charge in [-0.3, -0.25) is 9.59 Å². The first-order valence-corrected chi connectivity index (χ1v) is 12.6. The summed E-state index contributed by atoms with van der Waals surface area (Å²) in [5.41, 5.74) is 4.06. The summed E-state index contributed by atoms with van der Waals surface area (Å²) in [5, 5.41) is 15.3. The number of methoxy groups -OCH3 is 1. The van der Waals surface area contributed by atoms with Gasteiger partial charge < -0.3 is 24.8 Å². The molecule has 0 aliphatic carbocycles. The predicted molar refractivity (Wildman–Crippen MR) is 143 cm³/mol. The summed E-state index contributed by atoms with van der Waals surface area (Å²) in [6.07, 6.45) is 2.10. The average molecular weight is 504 g/mol. The molecule has 2 aromatic heterocycles. The van der Waals surface area contributed by atoms with E-state index in [-0.39, 0.29) is 11.5 Å². The van der Waals surface area contributed by atoms with Crippen molar-refractivity contribution in [1.82, 2.24) is 35.1 Å². The lowest BCUT2D eigenvalue weighted by atomic mass is 10.0. The lowest BCUT2D eigenvalue weighted by molar-refractivity contribution is 0.0964. The number of carbonyl (C=O) groups is 1. The molecule has 0 atom stereocenters. The number of aromatic nitrogens is 4. The van der Waals surface area contributed by atoms with Crippen LogP contribution in [0.1, 0.15) is 28.8 Å². The van der Waals surface area contributed by atoms with E-state index >= 15 is 0 Å². The SMILES string of the molecule is CNC(=O)c1cc(=O)n(CCN2CCC(NCc3ccc4c(c3)nnn4C)CC2)c2cc(OC)ccc12. The maximum atomic E-state index is 13.0. The first-order chi connectivity index (χ1) is 18.0. The maximum absolute atomic E-state index is 13.0. The molecule has 2 N–H and O–H groups in total. The Balaban J connectivity index is 1.20. The highest BCUT2D eigenvalue weighted by Gasteiger charge is 2.20. The third-order valence-corrected chi connectivity index (χ3v) is 7.29. The smallest absolute Gasteiger partial charge is 0.251 e. The molecule has 194 valence electrons. The summed E-state index contributed by atoms with van der Waals surface area (Å²) in [6, 6.07) is 13.7. The predicted octanol–water partition coefficient (Wildman–Crippen LogP) is 1.91. The standard InChI is InChI=1S/C27H33N7O3/c1-28-27(36)22-16-26(35)34(25-15-20(37-3)5-6-21(22)25)13-12-33-10-8-19(9-11-33)29-17-18-4-7-24-23(14-18)30-31-32(24)2/h4-7,14-16,19,29H,8-13,17H2,1-3H3,(H,28,36). The third-order valence-electron chi connectivity index (χ3n) is 7.29. The van der Waals surface area contributed by atoms with Gasteiger partial charge in [-0.25, -0.2) is 4.68 Å². The minimum absolute atomic E-state index is 0.184. The van der Waals surface area contributed by atoms with Crippen LogP contribution in [0.3, 0.4) is 0 Å². The van der Waals surface area contributed by atoms with Gasteiger partial charge in [-0.15, -0.1) is 5.10 Å². The second-order valence-corrected chi connectivity index (χ2v) is 9.54. The molecule has 2 aromatic carbocycles. The molecule has 37 heavy (non-hydrogen) atoms. The highest BCUT2D eigenvalue weighted by Crippen LogP contribution is 2.23. The zero-order valence-electron chi connectivity index (χ0n) is 21.5. The molecule has 1 saturated heterocycles. The van der Waals surface area contributed by atoms with Crippen LogP contribution >= 0.6 is 0 Å². The van der Waals surface area contributed by atoms with E-state index in [0.29, 0.717) is 29.4 Å². The monoisotopic (exact) mass is 503 g/mol. The second-order valence-electron chi connectivity index (χ2n) is 9.54. The highest BCUT2D eigenvalue weighted by molar-refractivity contribution is 6.06. The molecule has 0 radical (unpaired) electrons. The Morgan fingerprint density at radius 2 is 1.89 bits per heavy atom. The van der Waals surface area contributed by atoms with E-state index in [9.17, 15) is 9.59 Å². The Labute approximate surface area is 215 Å². The molecule has 1 aliphatic heterocycles. The number of pyridine rings is 1. The molecular formula is C27H33N7O3. The zero-order valence-corrected chi connectivity index (χ0v) is 21.5. The van der Waals surface area contributed by atoms with Crippen LogP contribution in [-0.2, 0) is 20.1 Å². The van der Waals surface area contributed by atoms with Crippen molar-refractivity contribution in [3.8, 4) is 5.75 Å². The Morgan fingerprint density at radius 1 is 1.08 bits per heavy atom. The number of piperidine rings is 1. The quantitative estimate of drug-likeness (QED) is 0.378. The number of carbonyl (C=O) groups excluding carboxylic acids is 1. The molecule has 10 heteroatoms. The second kappa shape index (κ2) is 10.7. The topological polar surface area (TPSA) is 106 Å². The zero-order chi connectivity index (χ0) is 25.9. The van der Waals surface area contributed by atoms with E-state index in [2.05, 4.69) is 44.0 Å². The number of benzene rings is 2. The number of amides is 1. The molecule has 4 aromatic rings. The first kappa shape index (κ1) is 24.9. The Bertz CT molecular complexity index is 1480. The van der Waals surface area contributed by atoms with Crippen LogP contribution < -0.4 is 20.9 Å². The van der Waals surface area contributed by atoms with Crippen LogP contribution in [-0.4, -0.2) is 70.2 Å². The highest BCUT2D eigenvalue weighted by atomic mass is 16.5. The number of nitrogens with one attached hydrogen (secondary N) is 2. The summed E-state index contributed by atoms with van der Waals surface area (Å²) < 4.78 is 8.92. The molecule has 1 aliphatic rings. The number of ether oxygens (including phenoxy) is 1. The minimum Gasteiger partial charge on any atom is -0.497 e. The van der Waals surface area contributed by atoms with E-state index in [1.54, 1.807) is 23.4 Å². The Kier molecular flexibility index (Phi) is 7.20. The van der Waals surface area contributed by atoms with E-state index < -0.39 is 0 Å². The molecule has 1 amide bonds. The van der Waals surface area contributed by atoms with E-state index in [1.807, 2.05) is 25.2 Å². The van der Waals surface area contributed by atoms with Crippen LogP contribution in [0, 0.1) is 0 Å². The largest absolute Gasteiger partial charge is 0.497 e. The maximum Gasteiger partial charge on any atom is 0.251 e. The van der Waals surface area contributed by atoms with Crippen molar-refractivity contribution in [3.05, 3.63) is 63.9 Å². The van der Waals surface area contributed by atoms with Crippen molar-refractivity contribution >= 4 is 27.8 Å². The lowest BCUT2D eigenvalue weighted by Crippen LogP contribution is -2.43. The normalized spacial score (nSPS) is 14.9. The van der Waals surface area contributed by atoms with Gasteiger partial charge in [0.25, 0.3) is 11.5 Å². The van der Waals surface area contributed by atoms with Crippen LogP contribution in [0.2, 0.25) is 0 Å². The van der Waals surface area contributed by atoms with E-state index in [0.717, 1.165) is 55.4 Å². The van der Waals surface area contributed by atoms with Gasteiger partial charge in [0.05, 0.1) is 23.7 Å². The van der Waals surface area contributed by atoms with Crippen LogP contribution in [0.25, 0.3) is 21.9 Å². The van der Waals surface area contributed by atoms with Crippen molar-refractivity contribution in [2.45, 2.75) is 32.0 Å². The number of aryl methyl sites for hydroxylation is 1. The van der Waals surface area contributed by atoms with Gasteiger partial charge in [0.1, 0.15) is 11.3 Å². The Hall–Kier alpha value is -3.76. The van der Waals surface area contributed by atoms with E-state index in [4.69, 9.17) is 4.74 Å². The molecule has 0 spiro atoms. The molecule has 5 rings (SSSR count). The molecule has 0 saturated carbocycles. The lowest BCUT2D eigenvalue weighted by Gasteiger charge is -2.32. The minimum atomic E-state index is -0.273. The van der Waals surface area contributed by atoms with Gasteiger partial charge in [0.2, 0.25) is 0 Å². The molecule has 1 fully saturated rings. The average Bonchev–Trinajstić information content (AvgIpc) is 3.30. The van der Waals surface area contributed by atoms with Crippen LogP contribution in [0.15, 0.2) is 47.3 Å². The van der Waals surface area contributed by atoms with Crippen molar-refractivity contribution < 1.29 is 9.53 Å². The van der Waals surface area contributed by atoms with Gasteiger partial charge >= 0.3 is 0 Å². The molecule has 10 nitrogen and oxygen atoms in total. The Morgan fingerprint density at radius 3 is 2.65 bits per heavy atom. The molecule has 0 bridgehead atoms. The summed E-state index contributed by atoms with van der Waals surface area (Å²) >= 11 is 0. The summed E-state index contributed by atoms with van der Waals surface area (Å²) in [4.78, 5) is 27.8. The number of rotatable bonds is 8. The van der Waals surface area contributed by atoms with Crippen molar-refractivity contribution in [2.75, 3.05) is 33.8 Å². The summed E-state index contributed by atoms with van der Waals surface area (Å²) in [6.45, 7) is 4.05. The van der Waals surface area contributed by atoms with Gasteiger partial charge in [-0.1, -0.05) is 11.3 Å². The molecule has 0 unspecified atom stereocenters. The number of fused-ring (bicyclic) bond motifs is 2. The van der Waals surface area contributed by atoms with Crippen molar-refractivity contribution in [2.24, 2.45) is 7.05 Å². The first-order valence-electron chi connectivity index (χ1n) is 12.6. The fourth-order valence-corrected chi connectivity index (χ4v) is 5.10. The number of likely N-dealkylation sites (tertiary alicyclic amines) is 1. The number of hydrogen-bond acceptors (Lipinski definition) is 7. The fraction of sp³-hybridized carbons (Fsp3) is 0.407. The molecule has 3 heterocycles. The van der Waals surface area contributed by atoms with Gasteiger partial charge in [0.15, 0.2) is 0 Å². The van der Waals surface area contributed by atoms with Crippen molar-refractivity contribution in [3.63, 3.8) is 0 Å². The number of hydrogen-bond donors (Lipinski definition) is 2. The summed E-state index contributed by atoms with van der Waals surface area (Å²) in [7, 11) is 5.06. The van der Waals surface area contributed by atoms with Crippen molar-refractivity contribution in [1.29, 1.82) is 0 Å². The van der Waals surface area contributed by atoms with Gasteiger partial charge in [-0.05, 0) is 55.8 Å². The van der Waals surface area contributed by atoms with Crippen LogP contribution in [0.4, 0.5) is 0 Å². The summed E-state index contributed by atoms with van der Waals surface area (Å²) in [5.74, 6) is 0.380. The van der Waals surface area contributed by atoms with E-state index in [1.165, 1.54) is 11.6 Å². The van der Waals surface area contributed by atoms with Gasteiger partial charge in [0, 0.05) is 57.3 Å². The third kappa shape index (κ3) is 5.21. The number of nitrogens with zero attached hydrogens (tertiary/aromatic N) is 5. The van der Waals surface area contributed by atoms with Crippen LogP contribution in [0.5, 0.6) is 5.75 Å². The fourth-order valence-electron chi connectivity index (χ4n) is 5.10. The van der Waals surface area contributed by atoms with Gasteiger partial charge in [-0.2, -0.15) is 0 Å². The molecular weight excluding hydrogens is 470 g/mol.